The number of methoxy groups -OCH3 is 1. The summed E-state index contributed by atoms with van der Waals surface area (Å²) in [6.45, 7) is 2.74. The van der Waals surface area contributed by atoms with Crippen molar-refractivity contribution in [2.75, 3.05) is 12.4 Å². The van der Waals surface area contributed by atoms with Crippen molar-refractivity contribution < 1.29 is 9.53 Å². The van der Waals surface area contributed by atoms with Crippen LogP contribution < -0.4 is 5.32 Å². The number of hydrogen-bond donors (Lipinski definition) is 1. The fraction of sp³-hybridized carbons (Fsp3) is 0.316. The highest BCUT2D eigenvalue weighted by Gasteiger charge is 2.41. The van der Waals surface area contributed by atoms with Crippen LogP contribution in [0.2, 0.25) is 0 Å². The molecule has 0 atom stereocenters. The molecule has 0 radical (unpaired) electrons. The smallest absolute Gasteiger partial charge is 0.257 e. The number of aromatic nitrogens is 3. The minimum atomic E-state index is -0.151. The molecule has 6 nitrogen and oxygen atoms in total. The molecule has 1 aliphatic rings. The van der Waals surface area contributed by atoms with E-state index in [4.69, 9.17) is 4.74 Å². The average molecular weight is 336 g/mol. The van der Waals surface area contributed by atoms with E-state index in [1.165, 1.54) is 6.33 Å². The summed E-state index contributed by atoms with van der Waals surface area (Å²) in [4.78, 5) is 21.3. The van der Waals surface area contributed by atoms with Crippen LogP contribution in [0.1, 0.15) is 35.7 Å². The van der Waals surface area contributed by atoms with Crippen LogP contribution in [-0.4, -0.2) is 27.6 Å². The Hall–Kier alpha value is -2.73. The predicted molar refractivity (Wildman–Crippen MR) is 95.5 cm³/mol. The lowest BCUT2D eigenvalue weighted by Crippen LogP contribution is -2.13. The number of ether oxygens (including phenoxy) is 1. The maximum Gasteiger partial charge on any atom is 0.257 e. The largest absolute Gasteiger partial charge is 0.380 e. The summed E-state index contributed by atoms with van der Waals surface area (Å²) in [5.41, 5.74) is 3.29. The summed E-state index contributed by atoms with van der Waals surface area (Å²) in [7, 11) is 1.66. The lowest BCUT2D eigenvalue weighted by Gasteiger charge is -2.11. The number of anilines is 1. The third-order valence-electron chi connectivity index (χ3n) is 4.79. The molecule has 0 aliphatic heterocycles. The Morgan fingerprint density at radius 1 is 1.32 bits per heavy atom. The number of amides is 1. The number of fused-ring (bicyclic) bond motifs is 1. The van der Waals surface area contributed by atoms with E-state index in [1.807, 2.05) is 30.5 Å². The molecule has 2 aromatic heterocycles. The Kier molecular flexibility index (Phi) is 3.77. The zero-order valence-corrected chi connectivity index (χ0v) is 14.3. The van der Waals surface area contributed by atoms with Crippen molar-refractivity contribution in [3.63, 3.8) is 0 Å². The number of nitrogens with one attached hydrogen (secondary N) is 1. The molecule has 0 spiro atoms. The van der Waals surface area contributed by atoms with E-state index in [2.05, 4.69) is 26.8 Å². The molecule has 2 heterocycles. The van der Waals surface area contributed by atoms with Gasteiger partial charge in [-0.3, -0.25) is 4.79 Å². The Bertz CT molecular complexity index is 926. The van der Waals surface area contributed by atoms with Crippen molar-refractivity contribution >= 4 is 22.6 Å². The summed E-state index contributed by atoms with van der Waals surface area (Å²) in [5, 5.41) is 3.74. The number of nitrogens with zero attached hydrogens (tertiary/aromatic N) is 3. The van der Waals surface area contributed by atoms with E-state index in [0.29, 0.717) is 12.2 Å². The molecular weight excluding hydrogens is 316 g/mol. The zero-order valence-electron chi connectivity index (χ0n) is 14.3. The second kappa shape index (κ2) is 5.97. The molecule has 25 heavy (non-hydrogen) atoms. The Balaban J connectivity index is 1.64. The Labute approximate surface area is 145 Å². The predicted octanol–water partition coefficient (Wildman–Crippen LogP) is 3.34. The molecule has 1 fully saturated rings. The van der Waals surface area contributed by atoms with Gasteiger partial charge in [0.2, 0.25) is 0 Å². The van der Waals surface area contributed by atoms with Crippen LogP contribution in [-0.2, 0) is 16.9 Å². The number of carbonyl (C=O) groups is 1. The Morgan fingerprint density at radius 3 is 2.76 bits per heavy atom. The van der Waals surface area contributed by atoms with Crippen molar-refractivity contribution in [2.45, 2.75) is 31.9 Å². The second-order valence-electron chi connectivity index (χ2n) is 6.75. The van der Waals surface area contributed by atoms with Gasteiger partial charge in [0.25, 0.3) is 5.91 Å². The summed E-state index contributed by atoms with van der Waals surface area (Å²) in [6, 6.07) is 7.64. The van der Waals surface area contributed by atoms with Gasteiger partial charge >= 0.3 is 0 Å². The van der Waals surface area contributed by atoms with Gasteiger partial charge in [0.05, 0.1) is 17.6 Å². The van der Waals surface area contributed by atoms with Gasteiger partial charge in [-0.1, -0.05) is 12.1 Å². The molecule has 1 saturated carbocycles. The molecule has 3 aromatic rings. The molecule has 6 heteroatoms. The topological polar surface area (TPSA) is 69.0 Å². The van der Waals surface area contributed by atoms with E-state index in [0.717, 1.165) is 35.1 Å². The first-order valence-corrected chi connectivity index (χ1v) is 8.31. The quantitative estimate of drug-likeness (QED) is 0.776. The first kappa shape index (κ1) is 15.8. The molecule has 1 N–H and O–H groups in total. The highest BCUT2D eigenvalue weighted by Crippen LogP contribution is 2.45. The molecule has 0 unspecified atom stereocenters. The molecule has 128 valence electrons. The normalized spacial score (nSPS) is 15.3. The van der Waals surface area contributed by atoms with Gasteiger partial charge in [0.1, 0.15) is 12.0 Å². The lowest BCUT2D eigenvalue weighted by atomic mass is 10.2. The van der Waals surface area contributed by atoms with Gasteiger partial charge in [-0.2, -0.15) is 0 Å². The minimum absolute atomic E-state index is 0.0624. The SMILES string of the molecule is COCc1ccc(NC(=O)c2cn(C3(C)CC3)c3ncncc23)cc1. The maximum atomic E-state index is 12.8. The number of carbonyl (C=O) groups excluding carboxylic acids is 1. The molecule has 1 amide bonds. The fourth-order valence-electron chi connectivity index (χ4n) is 3.03. The minimum Gasteiger partial charge on any atom is -0.380 e. The maximum absolute atomic E-state index is 12.8. The molecule has 1 aliphatic carbocycles. The van der Waals surface area contributed by atoms with Gasteiger partial charge in [0.15, 0.2) is 0 Å². The molecule has 4 rings (SSSR count). The monoisotopic (exact) mass is 336 g/mol. The lowest BCUT2D eigenvalue weighted by molar-refractivity contribution is 0.102. The second-order valence-corrected chi connectivity index (χ2v) is 6.75. The highest BCUT2D eigenvalue weighted by atomic mass is 16.5. The van der Waals surface area contributed by atoms with Gasteiger partial charge in [-0.05, 0) is 37.5 Å². The fourth-order valence-corrected chi connectivity index (χ4v) is 3.03. The van der Waals surface area contributed by atoms with Crippen LogP contribution >= 0.6 is 0 Å². The van der Waals surface area contributed by atoms with Crippen LogP contribution in [0, 0.1) is 0 Å². The van der Waals surface area contributed by atoms with E-state index in [1.54, 1.807) is 13.3 Å². The van der Waals surface area contributed by atoms with Gasteiger partial charge in [-0.15, -0.1) is 0 Å². The number of benzene rings is 1. The van der Waals surface area contributed by atoms with Crippen molar-refractivity contribution in [3.8, 4) is 0 Å². The Morgan fingerprint density at radius 2 is 2.08 bits per heavy atom. The van der Waals surface area contributed by atoms with E-state index < -0.39 is 0 Å². The van der Waals surface area contributed by atoms with E-state index in [9.17, 15) is 4.79 Å². The summed E-state index contributed by atoms with van der Waals surface area (Å²) in [5.74, 6) is -0.151. The first-order valence-electron chi connectivity index (χ1n) is 8.31. The molecule has 0 saturated heterocycles. The standard InChI is InChI=1S/C19H20N4O2/c1-19(7-8-19)23-10-16(15-9-20-12-21-17(15)23)18(24)22-14-5-3-13(4-6-14)11-25-2/h3-6,9-10,12H,7-8,11H2,1-2H3,(H,22,24). The van der Waals surface area contributed by atoms with Crippen LogP contribution in [0.25, 0.3) is 11.0 Å². The van der Waals surface area contributed by atoms with E-state index >= 15 is 0 Å². The third kappa shape index (κ3) is 2.89. The first-order chi connectivity index (χ1) is 12.1. The van der Waals surface area contributed by atoms with Crippen LogP contribution in [0.15, 0.2) is 43.0 Å². The van der Waals surface area contributed by atoms with Gasteiger partial charge < -0.3 is 14.6 Å². The van der Waals surface area contributed by atoms with Crippen LogP contribution in [0.5, 0.6) is 0 Å². The van der Waals surface area contributed by atoms with Crippen LogP contribution in [0.4, 0.5) is 5.69 Å². The summed E-state index contributed by atoms with van der Waals surface area (Å²) < 4.78 is 7.21. The van der Waals surface area contributed by atoms with Crippen molar-refractivity contribution in [3.05, 3.63) is 54.1 Å². The molecular formula is C19H20N4O2. The van der Waals surface area contributed by atoms with E-state index in [-0.39, 0.29) is 11.4 Å². The average Bonchev–Trinajstić information content (AvgIpc) is 3.24. The van der Waals surface area contributed by atoms with Crippen LogP contribution in [0.3, 0.4) is 0 Å². The number of hydrogen-bond acceptors (Lipinski definition) is 4. The summed E-state index contributed by atoms with van der Waals surface area (Å²) >= 11 is 0. The van der Waals surface area contributed by atoms with Crippen molar-refractivity contribution in [1.29, 1.82) is 0 Å². The van der Waals surface area contributed by atoms with Crippen molar-refractivity contribution in [2.24, 2.45) is 0 Å². The zero-order chi connectivity index (χ0) is 17.4. The molecule has 0 bridgehead atoms. The highest BCUT2D eigenvalue weighted by molar-refractivity contribution is 6.12. The van der Waals surface area contributed by atoms with Gasteiger partial charge in [0, 0.05) is 30.7 Å². The summed E-state index contributed by atoms with van der Waals surface area (Å²) in [6.07, 6.45) is 7.34. The third-order valence-corrected chi connectivity index (χ3v) is 4.79. The molecule has 1 aromatic carbocycles. The van der Waals surface area contributed by atoms with Crippen molar-refractivity contribution in [1.82, 2.24) is 14.5 Å². The number of rotatable bonds is 5. The van der Waals surface area contributed by atoms with Gasteiger partial charge in [-0.25, -0.2) is 9.97 Å².